The smallest absolute Gasteiger partial charge is 0.122 e. The van der Waals surface area contributed by atoms with Gasteiger partial charge in [-0.25, -0.2) is 0 Å². The molecule has 0 bridgehead atoms. The maximum Gasteiger partial charge on any atom is 0.122 e. The first-order valence-electron chi connectivity index (χ1n) is 8.21. The van der Waals surface area contributed by atoms with Crippen LogP contribution in [-0.2, 0) is 0 Å². The van der Waals surface area contributed by atoms with Gasteiger partial charge in [0, 0.05) is 12.6 Å². The fraction of sp³-hybridized carbons (Fsp3) is 0.667. The minimum absolute atomic E-state index is 0.518. The summed E-state index contributed by atoms with van der Waals surface area (Å²) in [4.78, 5) is 0. The summed E-state index contributed by atoms with van der Waals surface area (Å²) in [6.07, 6.45) is 5.74. The molecule has 110 valence electrons. The standard InChI is InChI=1S/C18H27NO/c1-13(2)16-5-3-4-6-17(16)20-12-11-19-18(14-7-8-14)15-9-10-15/h3-6,13-15,18-19H,7-12H2,1-2H3. The average Bonchev–Trinajstić information content (AvgIpc) is 3.32. The van der Waals surface area contributed by atoms with Crippen molar-refractivity contribution < 1.29 is 4.74 Å². The van der Waals surface area contributed by atoms with Gasteiger partial charge in [-0.2, -0.15) is 0 Å². The van der Waals surface area contributed by atoms with Crippen molar-refractivity contribution in [3.8, 4) is 5.75 Å². The van der Waals surface area contributed by atoms with Gasteiger partial charge in [-0.05, 0) is 55.1 Å². The summed E-state index contributed by atoms with van der Waals surface area (Å²) in [5.74, 6) is 3.50. The molecule has 0 spiro atoms. The van der Waals surface area contributed by atoms with Gasteiger partial charge < -0.3 is 10.1 Å². The van der Waals surface area contributed by atoms with Gasteiger partial charge in [-0.15, -0.1) is 0 Å². The number of nitrogens with one attached hydrogen (secondary N) is 1. The molecule has 0 unspecified atom stereocenters. The average molecular weight is 273 g/mol. The third kappa shape index (κ3) is 3.54. The van der Waals surface area contributed by atoms with Crippen LogP contribution in [0.5, 0.6) is 5.75 Å². The normalized spacial score (nSPS) is 18.8. The minimum Gasteiger partial charge on any atom is -0.492 e. The molecule has 2 saturated carbocycles. The van der Waals surface area contributed by atoms with Crippen LogP contribution < -0.4 is 10.1 Å². The van der Waals surface area contributed by atoms with Crippen molar-refractivity contribution in [3.63, 3.8) is 0 Å². The Morgan fingerprint density at radius 2 is 1.75 bits per heavy atom. The lowest BCUT2D eigenvalue weighted by molar-refractivity contribution is 0.290. The van der Waals surface area contributed by atoms with Gasteiger partial charge >= 0.3 is 0 Å². The molecule has 2 heteroatoms. The number of hydrogen-bond donors (Lipinski definition) is 1. The van der Waals surface area contributed by atoms with Crippen LogP contribution in [0, 0.1) is 11.8 Å². The van der Waals surface area contributed by atoms with Gasteiger partial charge in [0.2, 0.25) is 0 Å². The lowest BCUT2D eigenvalue weighted by Gasteiger charge is -2.19. The monoisotopic (exact) mass is 273 g/mol. The van der Waals surface area contributed by atoms with Crippen LogP contribution in [0.15, 0.2) is 24.3 Å². The van der Waals surface area contributed by atoms with Crippen molar-refractivity contribution in [1.29, 1.82) is 0 Å². The van der Waals surface area contributed by atoms with Crippen LogP contribution in [0.1, 0.15) is 51.0 Å². The third-order valence-corrected chi connectivity index (χ3v) is 4.54. The van der Waals surface area contributed by atoms with Gasteiger partial charge in [0.15, 0.2) is 0 Å². The van der Waals surface area contributed by atoms with Gasteiger partial charge in [0.1, 0.15) is 12.4 Å². The molecule has 0 atom stereocenters. The van der Waals surface area contributed by atoms with E-state index in [0.717, 1.165) is 36.8 Å². The first kappa shape index (κ1) is 13.9. The van der Waals surface area contributed by atoms with E-state index < -0.39 is 0 Å². The van der Waals surface area contributed by atoms with E-state index in [4.69, 9.17) is 4.74 Å². The third-order valence-electron chi connectivity index (χ3n) is 4.54. The van der Waals surface area contributed by atoms with E-state index in [2.05, 4.69) is 43.4 Å². The Labute approximate surface area is 122 Å². The van der Waals surface area contributed by atoms with Crippen molar-refractivity contribution >= 4 is 0 Å². The van der Waals surface area contributed by atoms with Crippen LogP contribution in [0.2, 0.25) is 0 Å². The molecule has 0 heterocycles. The van der Waals surface area contributed by atoms with E-state index in [1.807, 2.05) is 0 Å². The summed E-state index contributed by atoms with van der Waals surface area (Å²) in [5.41, 5.74) is 1.31. The van der Waals surface area contributed by atoms with E-state index in [1.54, 1.807) is 0 Å². The maximum absolute atomic E-state index is 5.99. The van der Waals surface area contributed by atoms with E-state index in [9.17, 15) is 0 Å². The summed E-state index contributed by atoms with van der Waals surface area (Å²) in [6, 6.07) is 9.20. The highest BCUT2D eigenvalue weighted by atomic mass is 16.5. The van der Waals surface area contributed by atoms with E-state index in [-0.39, 0.29) is 0 Å². The zero-order chi connectivity index (χ0) is 13.9. The van der Waals surface area contributed by atoms with Gasteiger partial charge in [0.25, 0.3) is 0 Å². The number of hydrogen-bond acceptors (Lipinski definition) is 2. The Bertz CT molecular complexity index is 423. The predicted molar refractivity (Wildman–Crippen MR) is 83.3 cm³/mol. The molecule has 1 N–H and O–H groups in total. The number of rotatable bonds is 8. The fourth-order valence-electron chi connectivity index (χ4n) is 3.10. The molecule has 1 aromatic rings. The highest BCUT2D eigenvalue weighted by molar-refractivity contribution is 5.35. The van der Waals surface area contributed by atoms with E-state index in [0.29, 0.717) is 5.92 Å². The van der Waals surface area contributed by atoms with Crippen LogP contribution in [0.4, 0.5) is 0 Å². The SMILES string of the molecule is CC(C)c1ccccc1OCCNC(C1CC1)C1CC1. The number of benzene rings is 1. The molecule has 0 amide bonds. The second kappa shape index (κ2) is 6.17. The van der Waals surface area contributed by atoms with Crippen molar-refractivity contribution in [2.75, 3.05) is 13.2 Å². The Morgan fingerprint density at radius 3 is 2.35 bits per heavy atom. The Balaban J connectivity index is 1.45. The highest BCUT2D eigenvalue weighted by Gasteiger charge is 2.40. The van der Waals surface area contributed by atoms with E-state index >= 15 is 0 Å². The Hall–Kier alpha value is -1.02. The molecule has 3 rings (SSSR count). The first-order valence-corrected chi connectivity index (χ1v) is 8.21. The molecule has 0 aromatic heterocycles. The molecule has 2 aliphatic rings. The Morgan fingerprint density at radius 1 is 1.10 bits per heavy atom. The summed E-state index contributed by atoms with van der Waals surface area (Å²) in [5, 5.41) is 3.74. The van der Waals surface area contributed by atoms with Crippen molar-refractivity contribution in [1.82, 2.24) is 5.32 Å². The Kier molecular flexibility index (Phi) is 4.30. The molecule has 0 radical (unpaired) electrons. The maximum atomic E-state index is 5.99. The van der Waals surface area contributed by atoms with Gasteiger partial charge in [0.05, 0.1) is 0 Å². The minimum atomic E-state index is 0.518. The highest BCUT2D eigenvalue weighted by Crippen LogP contribution is 2.44. The molecule has 0 aliphatic heterocycles. The number of para-hydroxylation sites is 1. The second-order valence-electron chi connectivity index (χ2n) is 6.70. The summed E-state index contributed by atoms with van der Waals surface area (Å²) in [6.45, 7) is 6.19. The fourth-order valence-corrected chi connectivity index (χ4v) is 3.10. The van der Waals surface area contributed by atoms with Crippen LogP contribution in [0.3, 0.4) is 0 Å². The van der Waals surface area contributed by atoms with E-state index in [1.165, 1.54) is 31.2 Å². The molecular formula is C18H27NO. The molecular weight excluding hydrogens is 246 g/mol. The zero-order valence-corrected chi connectivity index (χ0v) is 12.8. The van der Waals surface area contributed by atoms with Crippen LogP contribution in [0.25, 0.3) is 0 Å². The predicted octanol–water partition coefficient (Wildman–Crippen LogP) is 3.97. The van der Waals surface area contributed by atoms with Gasteiger partial charge in [-0.3, -0.25) is 0 Å². The van der Waals surface area contributed by atoms with Crippen molar-refractivity contribution in [3.05, 3.63) is 29.8 Å². The molecule has 2 nitrogen and oxygen atoms in total. The lowest BCUT2D eigenvalue weighted by Crippen LogP contribution is -2.36. The quantitative estimate of drug-likeness (QED) is 0.724. The number of ether oxygens (including phenoxy) is 1. The van der Waals surface area contributed by atoms with Crippen LogP contribution >= 0.6 is 0 Å². The zero-order valence-electron chi connectivity index (χ0n) is 12.8. The lowest BCUT2D eigenvalue weighted by atomic mass is 10.0. The second-order valence-corrected chi connectivity index (χ2v) is 6.70. The summed E-state index contributed by atoms with van der Waals surface area (Å²) < 4.78 is 5.99. The molecule has 0 saturated heterocycles. The molecule has 20 heavy (non-hydrogen) atoms. The molecule has 1 aromatic carbocycles. The topological polar surface area (TPSA) is 21.3 Å². The van der Waals surface area contributed by atoms with Crippen LogP contribution in [-0.4, -0.2) is 19.2 Å². The van der Waals surface area contributed by atoms with Crippen molar-refractivity contribution in [2.45, 2.75) is 51.5 Å². The first-order chi connectivity index (χ1) is 9.75. The summed E-state index contributed by atoms with van der Waals surface area (Å²) in [7, 11) is 0. The van der Waals surface area contributed by atoms with Gasteiger partial charge in [-0.1, -0.05) is 32.0 Å². The molecule has 2 fully saturated rings. The van der Waals surface area contributed by atoms with Crippen molar-refractivity contribution in [2.24, 2.45) is 11.8 Å². The largest absolute Gasteiger partial charge is 0.492 e. The summed E-state index contributed by atoms with van der Waals surface area (Å²) >= 11 is 0. The molecule has 2 aliphatic carbocycles.